The molecule has 1 aliphatic heterocycles. The van der Waals surface area contributed by atoms with Gasteiger partial charge in [-0.2, -0.15) is 13.2 Å². The fraction of sp³-hybridized carbons (Fsp3) is 0.333. The van der Waals surface area contributed by atoms with Gasteiger partial charge in [0.25, 0.3) is 0 Å². The van der Waals surface area contributed by atoms with Crippen molar-refractivity contribution in [2.75, 3.05) is 22.5 Å². The Morgan fingerprint density at radius 1 is 1.11 bits per heavy atom. The number of hydrogen-bond donors (Lipinski definition) is 2. The van der Waals surface area contributed by atoms with Crippen LogP contribution in [0.5, 0.6) is 0 Å². The van der Waals surface area contributed by atoms with Gasteiger partial charge in [0.05, 0.1) is 6.04 Å². The van der Waals surface area contributed by atoms with Gasteiger partial charge in [0.2, 0.25) is 5.82 Å². The molecule has 0 saturated heterocycles. The summed E-state index contributed by atoms with van der Waals surface area (Å²) in [5.41, 5.74) is 8.99. The number of nitrogens with two attached hydrogens (primary N) is 1. The second-order valence-electron chi connectivity index (χ2n) is 8.57. The summed E-state index contributed by atoms with van der Waals surface area (Å²) in [5, 5.41) is 12.6. The highest BCUT2D eigenvalue weighted by atomic mass is 19.4. The number of nitrogens with one attached hydrogen (secondary N) is 1. The van der Waals surface area contributed by atoms with Crippen molar-refractivity contribution in [1.29, 1.82) is 0 Å². The molecule has 11 heteroatoms. The Kier molecular flexibility index (Phi) is 5.70. The van der Waals surface area contributed by atoms with Gasteiger partial charge >= 0.3 is 6.18 Å². The number of benzene rings is 1. The fourth-order valence-electron chi connectivity index (χ4n) is 4.66. The lowest BCUT2D eigenvalue weighted by Crippen LogP contribution is -2.39. The monoisotopic (exact) mass is 482 g/mol. The SMILES string of the molecule is CC[C@H]1c2nnc(C(F)(F)F)n2CCN1c1cc(C)c(CNc2cccc3c(N)nccc23)cn1. The first-order valence-electron chi connectivity index (χ1n) is 11.4. The van der Waals surface area contributed by atoms with Gasteiger partial charge in [-0.3, -0.25) is 0 Å². The van der Waals surface area contributed by atoms with E-state index in [0.717, 1.165) is 27.6 Å². The van der Waals surface area contributed by atoms with E-state index in [-0.39, 0.29) is 12.6 Å². The number of hydrogen-bond acceptors (Lipinski definition) is 7. The molecule has 0 unspecified atom stereocenters. The van der Waals surface area contributed by atoms with E-state index in [0.29, 0.717) is 37.0 Å². The molecule has 5 rings (SSSR count). The maximum Gasteiger partial charge on any atom is 0.451 e. The van der Waals surface area contributed by atoms with E-state index in [4.69, 9.17) is 5.73 Å². The number of nitrogen functional groups attached to an aromatic ring is 1. The van der Waals surface area contributed by atoms with Gasteiger partial charge in [0.1, 0.15) is 11.6 Å². The van der Waals surface area contributed by atoms with Crippen LogP contribution in [-0.4, -0.2) is 31.3 Å². The number of aryl methyl sites for hydroxylation is 1. The number of halogens is 3. The standard InChI is InChI=1S/C24H25F3N8/c1-3-19-22-32-33-23(24(25,26)27)35(22)10-9-34(19)20-11-14(2)15(13-31-20)12-30-18-6-4-5-17-16(18)7-8-29-21(17)28/h4-8,11,13,19,30H,3,9-10,12H2,1-2H3,(H2,28,29)/t19-/m0/s1. The van der Waals surface area contributed by atoms with Crippen LogP contribution in [0.4, 0.5) is 30.5 Å². The highest BCUT2D eigenvalue weighted by Crippen LogP contribution is 2.36. The third-order valence-corrected chi connectivity index (χ3v) is 6.46. The van der Waals surface area contributed by atoms with Gasteiger partial charge in [-0.25, -0.2) is 9.97 Å². The molecule has 35 heavy (non-hydrogen) atoms. The topological polar surface area (TPSA) is 97.8 Å². The summed E-state index contributed by atoms with van der Waals surface area (Å²) in [6.45, 7) is 5.02. The molecule has 0 saturated carbocycles. The van der Waals surface area contributed by atoms with Gasteiger partial charge in [0.15, 0.2) is 5.82 Å². The largest absolute Gasteiger partial charge is 0.451 e. The average molecular weight is 483 g/mol. The summed E-state index contributed by atoms with van der Waals surface area (Å²) in [5.74, 6) is 0.576. The molecule has 4 heterocycles. The minimum atomic E-state index is -4.53. The van der Waals surface area contributed by atoms with E-state index in [2.05, 4.69) is 25.5 Å². The molecule has 1 aliphatic rings. The molecular formula is C24H25F3N8. The molecule has 0 amide bonds. The lowest BCUT2D eigenvalue weighted by atomic mass is 10.1. The predicted molar refractivity (Wildman–Crippen MR) is 128 cm³/mol. The molecule has 0 aliphatic carbocycles. The van der Waals surface area contributed by atoms with Crippen molar-refractivity contribution in [3.8, 4) is 0 Å². The van der Waals surface area contributed by atoms with E-state index < -0.39 is 12.0 Å². The maximum atomic E-state index is 13.3. The van der Waals surface area contributed by atoms with Crippen molar-refractivity contribution in [1.82, 2.24) is 24.7 Å². The van der Waals surface area contributed by atoms with E-state index >= 15 is 0 Å². The van der Waals surface area contributed by atoms with Gasteiger partial charge in [-0.05, 0) is 42.7 Å². The van der Waals surface area contributed by atoms with E-state index in [9.17, 15) is 13.2 Å². The Morgan fingerprint density at radius 2 is 1.94 bits per heavy atom. The molecule has 1 atom stereocenters. The summed E-state index contributed by atoms with van der Waals surface area (Å²) in [6, 6.07) is 9.42. The third-order valence-electron chi connectivity index (χ3n) is 6.46. The normalized spacial score (nSPS) is 15.9. The zero-order chi connectivity index (χ0) is 24.7. The number of alkyl halides is 3. The van der Waals surface area contributed by atoms with Crippen LogP contribution in [0.25, 0.3) is 10.8 Å². The van der Waals surface area contributed by atoms with E-state index in [1.165, 1.54) is 4.57 Å². The number of fused-ring (bicyclic) bond motifs is 2. The first kappa shape index (κ1) is 22.9. The number of anilines is 3. The smallest absolute Gasteiger partial charge is 0.383 e. The molecule has 0 fully saturated rings. The Hall–Kier alpha value is -3.89. The number of rotatable bonds is 5. The van der Waals surface area contributed by atoms with Crippen molar-refractivity contribution >= 4 is 28.1 Å². The average Bonchev–Trinajstić information content (AvgIpc) is 3.28. The Morgan fingerprint density at radius 3 is 2.69 bits per heavy atom. The number of pyridine rings is 2. The minimum Gasteiger partial charge on any atom is -0.383 e. The molecule has 4 aromatic rings. The zero-order valence-electron chi connectivity index (χ0n) is 19.3. The van der Waals surface area contributed by atoms with Crippen molar-refractivity contribution < 1.29 is 13.2 Å². The Balaban J connectivity index is 1.37. The second-order valence-corrected chi connectivity index (χ2v) is 8.57. The highest BCUT2D eigenvalue weighted by molar-refractivity contribution is 5.99. The lowest BCUT2D eigenvalue weighted by Gasteiger charge is -2.36. The van der Waals surface area contributed by atoms with Crippen LogP contribution in [0.15, 0.2) is 42.7 Å². The lowest BCUT2D eigenvalue weighted by molar-refractivity contribution is -0.147. The van der Waals surface area contributed by atoms with Crippen LogP contribution >= 0.6 is 0 Å². The van der Waals surface area contributed by atoms with Crippen molar-refractivity contribution in [2.24, 2.45) is 0 Å². The molecule has 3 aromatic heterocycles. The van der Waals surface area contributed by atoms with Crippen molar-refractivity contribution in [3.63, 3.8) is 0 Å². The molecule has 0 bridgehead atoms. The minimum absolute atomic E-state index is 0.150. The molecular weight excluding hydrogens is 457 g/mol. The second kappa shape index (κ2) is 8.71. The first-order chi connectivity index (χ1) is 16.8. The quantitative estimate of drug-likeness (QED) is 0.425. The Labute approximate surface area is 200 Å². The molecule has 1 aromatic carbocycles. The summed E-state index contributed by atoms with van der Waals surface area (Å²) in [6.07, 6.45) is -0.446. The Bertz CT molecular complexity index is 1380. The van der Waals surface area contributed by atoms with Crippen molar-refractivity contribution in [2.45, 2.75) is 45.6 Å². The van der Waals surface area contributed by atoms with Crippen LogP contribution in [0.1, 0.15) is 42.2 Å². The van der Waals surface area contributed by atoms with Crippen molar-refractivity contribution in [3.05, 3.63) is 65.5 Å². The zero-order valence-corrected chi connectivity index (χ0v) is 19.3. The summed E-state index contributed by atoms with van der Waals surface area (Å²) < 4.78 is 41.1. The molecule has 3 N–H and O–H groups in total. The summed E-state index contributed by atoms with van der Waals surface area (Å²) in [7, 11) is 0. The number of aromatic nitrogens is 5. The van der Waals surface area contributed by atoms with E-state index in [1.807, 2.05) is 55.3 Å². The van der Waals surface area contributed by atoms with Crippen LogP contribution in [0, 0.1) is 6.92 Å². The highest BCUT2D eigenvalue weighted by Gasteiger charge is 2.41. The van der Waals surface area contributed by atoms with E-state index in [1.54, 1.807) is 6.20 Å². The fourth-order valence-corrected chi connectivity index (χ4v) is 4.66. The first-order valence-corrected chi connectivity index (χ1v) is 11.4. The molecule has 0 radical (unpaired) electrons. The van der Waals surface area contributed by atoms with Crippen LogP contribution < -0.4 is 16.0 Å². The van der Waals surface area contributed by atoms with Crippen LogP contribution in [0.2, 0.25) is 0 Å². The van der Waals surface area contributed by atoms with Gasteiger partial charge in [0, 0.05) is 48.5 Å². The third kappa shape index (κ3) is 4.11. The van der Waals surface area contributed by atoms with Crippen LogP contribution in [-0.2, 0) is 19.3 Å². The maximum absolute atomic E-state index is 13.3. The number of nitrogens with zero attached hydrogens (tertiary/aromatic N) is 6. The molecule has 182 valence electrons. The van der Waals surface area contributed by atoms with Crippen LogP contribution in [0.3, 0.4) is 0 Å². The van der Waals surface area contributed by atoms with Gasteiger partial charge in [-0.15, -0.1) is 10.2 Å². The van der Waals surface area contributed by atoms with Gasteiger partial charge in [-0.1, -0.05) is 19.1 Å². The molecule has 8 nitrogen and oxygen atoms in total. The molecule has 0 spiro atoms. The van der Waals surface area contributed by atoms with Gasteiger partial charge < -0.3 is 20.5 Å². The predicted octanol–water partition coefficient (Wildman–Crippen LogP) is 4.71. The summed E-state index contributed by atoms with van der Waals surface area (Å²) >= 11 is 0. The summed E-state index contributed by atoms with van der Waals surface area (Å²) in [4.78, 5) is 10.8.